The molecule has 4 fully saturated rings. The molecule has 3 N–H and O–H groups in total. The molecule has 0 heterocycles. The molecule has 5 rings (SSSR count). The van der Waals surface area contributed by atoms with Gasteiger partial charge >= 0.3 is 6.09 Å². The average Bonchev–Trinajstić information content (AvgIpc) is 3.27. The largest absolute Gasteiger partial charge is 0.449 e. The van der Waals surface area contributed by atoms with Crippen LogP contribution in [0.3, 0.4) is 0 Å². The van der Waals surface area contributed by atoms with Gasteiger partial charge in [-0.25, -0.2) is 22.3 Å². The first-order valence-electron chi connectivity index (χ1n) is 15.6. The van der Waals surface area contributed by atoms with E-state index < -0.39 is 21.9 Å². The molecule has 41 heavy (non-hydrogen) atoms. The van der Waals surface area contributed by atoms with Crippen LogP contribution in [0.5, 0.6) is 0 Å². The summed E-state index contributed by atoms with van der Waals surface area (Å²) in [5, 5.41) is 22.4. The molecule has 1 aromatic rings. The van der Waals surface area contributed by atoms with Crippen molar-refractivity contribution in [3.05, 3.63) is 30.1 Å². The zero-order valence-corrected chi connectivity index (χ0v) is 25.7. The van der Waals surface area contributed by atoms with Gasteiger partial charge in [-0.1, -0.05) is 34.1 Å². The summed E-state index contributed by atoms with van der Waals surface area (Å²) in [5.41, 5.74) is 0.274. The maximum absolute atomic E-state index is 13.1. The Balaban J connectivity index is 1.22. The summed E-state index contributed by atoms with van der Waals surface area (Å²) in [6.45, 7) is 9.37. The molecular formula is C32H48FNO6S. The number of aliphatic hydroxyl groups is 2. The Bertz CT molecular complexity index is 1210. The van der Waals surface area contributed by atoms with Crippen LogP contribution in [0.25, 0.3) is 0 Å². The van der Waals surface area contributed by atoms with Crippen LogP contribution in [0.15, 0.2) is 29.2 Å². The number of rotatable bonds is 7. The minimum Gasteiger partial charge on any atom is -0.449 e. The van der Waals surface area contributed by atoms with E-state index in [1.165, 1.54) is 0 Å². The van der Waals surface area contributed by atoms with E-state index in [0.717, 1.165) is 75.6 Å². The quantitative estimate of drug-likeness (QED) is 0.363. The van der Waals surface area contributed by atoms with E-state index >= 15 is 0 Å². The molecule has 11 atom stereocenters. The van der Waals surface area contributed by atoms with Gasteiger partial charge in [-0.15, -0.1) is 0 Å². The second-order valence-electron chi connectivity index (χ2n) is 14.1. The van der Waals surface area contributed by atoms with Crippen LogP contribution in [0.2, 0.25) is 0 Å². The number of hydrogen-bond donors (Lipinski definition) is 3. The number of halogens is 1. The molecule has 4 saturated carbocycles. The Labute approximate surface area is 244 Å². The smallest absolute Gasteiger partial charge is 0.421 e. The number of ether oxygens (including phenoxy) is 1. The standard InChI is InChI=1S/C32H48FNO6S/c1-5-23-27-18-21(35)12-15-32(27,4)26-13-16-31(3)24(10-11-25(31)28(26)29(23)36)19(2)14-17-40-30(37)34-41(38,39)22-8-6-20(33)7-9-22/h6-9,19,21,23-29,35-36H,5,10-18H2,1-4H3,(H,34,37)/t19-,21-,23-,24-,25+,26+,27+,28+,29-,31-,32-/m1/s1. The molecule has 0 unspecified atom stereocenters. The first-order valence-corrected chi connectivity index (χ1v) is 17.1. The van der Waals surface area contributed by atoms with Gasteiger partial charge in [-0.2, -0.15) is 0 Å². The van der Waals surface area contributed by atoms with Crippen LogP contribution in [0, 0.1) is 58.1 Å². The Hall–Kier alpha value is -1.71. The van der Waals surface area contributed by atoms with Crippen molar-refractivity contribution in [3.8, 4) is 0 Å². The normalized spacial score (nSPS) is 41.0. The van der Waals surface area contributed by atoms with E-state index in [0.29, 0.717) is 30.1 Å². The van der Waals surface area contributed by atoms with Crippen molar-refractivity contribution in [1.29, 1.82) is 0 Å². The molecule has 230 valence electrons. The summed E-state index contributed by atoms with van der Waals surface area (Å²) in [5.74, 6) is 1.98. The third-order valence-corrected chi connectivity index (χ3v) is 13.6. The van der Waals surface area contributed by atoms with Gasteiger partial charge in [0.1, 0.15) is 5.82 Å². The SMILES string of the molecule is CC[C@H]1[C@@H](O)[C@@H]2[C@H](CC[C@]3(C)[C@@H]([C@H](C)CCOC(=O)NS(=O)(=O)c4ccc(F)cc4)CC[C@@H]23)[C@@]2(C)CC[C@@H](O)C[C@@H]12. The highest BCUT2D eigenvalue weighted by Gasteiger charge is 2.64. The molecule has 0 saturated heterocycles. The highest BCUT2D eigenvalue weighted by molar-refractivity contribution is 7.90. The fourth-order valence-electron chi connectivity index (χ4n) is 10.3. The van der Waals surface area contributed by atoms with Gasteiger partial charge in [0, 0.05) is 0 Å². The highest BCUT2D eigenvalue weighted by Crippen LogP contribution is 2.69. The van der Waals surface area contributed by atoms with Gasteiger partial charge in [-0.3, -0.25) is 0 Å². The third-order valence-electron chi connectivity index (χ3n) is 12.3. The monoisotopic (exact) mass is 593 g/mol. The molecule has 9 heteroatoms. The minimum atomic E-state index is -4.14. The van der Waals surface area contributed by atoms with Crippen molar-refractivity contribution in [3.63, 3.8) is 0 Å². The van der Waals surface area contributed by atoms with Crippen LogP contribution in [0.4, 0.5) is 9.18 Å². The van der Waals surface area contributed by atoms with Crippen molar-refractivity contribution in [2.45, 2.75) is 103 Å². The summed E-state index contributed by atoms with van der Waals surface area (Å²) < 4.78 is 45.1. The van der Waals surface area contributed by atoms with E-state index in [4.69, 9.17) is 4.74 Å². The van der Waals surface area contributed by atoms with Gasteiger partial charge in [0.2, 0.25) is 0 Å². The van der Waals surface area contributed by atoms with E-state index in [1.807, 2.05) is 4.72 Å². The van der Waals surface area contributed by atoms with E-state index in [1.54, 1.807) is 0 Å². The number of amides is 1. The van der Waals surface area contributed by atoms with Gasteiger partial charge in [-0.05, 0) is 128 Å². The molecule has 0 aromatic heterocycles. The predicted molar refractivity (Wildman–Crippen MR) is 154 cm³/mol. The first-order chi connectivity index (χ1) is 19.3. The number of sulfonamides is 1. The molecule has 0 aliphatic heterocycles. The van der Waals surface area contributed by atoms with E-state index in [-0.39, 0.29) is 52.3 Å². The lowest BCUT2D eigenvalue weighted by atomic mass is 9.41. The van der Waals surface area contributed by atoms with Crippen molar-refractivity contribution in [1.82, 2.24) is 4.72 Å². The summed E-state index contributed by atoms with van der Waals surface area (Å²) in [4.78, 5) is 12.1. The predicted octanol–water partition coefficient (Wildman–Crippen LogP) is 5.89. The molecule has 7 nitrogen and oxygen atoms in total. The second-order valence-corrected chi connectivity index (χ2v) is 15.8. The van der Waals surface area contributed by atoms with Gasteiger partial charge in [0.05, 0.1) is 23.7 Å². The highest BCUT2D eigenvalue weighted by atomic mass is 32.2. The van der Waals surface area contributed by atoms with Crippen LogP contribution >= 0.6 is 0 Å². The Kier molecular flexibility index (Phi) is 8.56. The van der Waals surface area contributed by atoms with Crippen molar-refractivity contribution < 1.29 is 32.6 Å². The van der Waals surface area contributed by atoms with Crippen LogP contribution < -0.4 is 4.72 Å². The zero-order chi connectivity index (χ0) is 29.7. The van der Waals surface area contributed by atoms with Crippen LogP contribution in [-0.4, -0.2) is 43.5 Å². The number of fused-ring (bicyclic) bond motifs is 5. The summed E-state index contributed by atoms with van der Waals surface area (Å²) in [6, 6.07) is 4.25. The minimum absolute atomic E-state index is 0.103. The number of aliphatic hydroxyl groups excluding tert-OH is 2. The molecule has 0 radical (unpaired) electrons. The molecule has 1 aromatic carbocycles. The summed E-state index contributed by atoms with van der Waals surface area (Å²) in [6.07, 6.45) is 7.10. The molecule has 0 bridgehead atoms. The lowest BCUT2D eigenvalue weighted by molar-refractivity contribution is -0.203. The van der Waals surface area contributed by atoms with E-state index in [9.17, 15) is 27.8 Å². The molecule has 0 spiro atoms. The maximum Gasteiger partial charge on any atom is 0.421 e. The Morgan fingerprint density at radius 1 is 1.05 bits per heavy atom. The lowest BCUT2D eigenvalue weighted by Gasteiger charge is -2.64. The van der Waals surface area contributed by atoms with Gasteiger partial charge in [0.25, 0.3) is 10.0 Å². The first kappa shape index (κ1) is 30.7. The zero-order valence-electron chi connectivity index (χ0n) is 24.9. The molecule has 4 aliphatic rings. The third kappa shape index (κ3) is 5.44. The molecular weight excluding hydrogens is 545 g/mol. The topological polar surface area (TPSA) is 113 Å². The Morgan fingerprint density at radius 3 is 2.39 bits per heavy atom. The summed E-state index contributed by atoms with van der Waals surface area (Å²) >= 11 is 0. The number of hydrogen-bond acceptors (Lipinski definition) is 6. The molecule has 1 amide bonds. The number of carbonyl (C=O) groups is 1. The van der Waals surface area contributed by atoms with Crippen molar-refractivity contribution in [2.24, 2.45) is 52.3 Å². The van der Waals surface area contributed by atoms with Crippen LogP contribution in [-0.2, 0) is 14.8 Å². The average molecular weight is 594 g/mol. The van der Waals surface area contributed by atoms with Crippen LogP contribution in [0.1, 0.15) is 85.5 Å². The fraction of sp³-hybridized carbons (Fsp3) is 0.781. The van der Waals surface area contributed by atoms with E-state index in [2.05, 4.69) is 27.7 Å². The molecule has 4 aliphatic carbocycles. The number of nitrogens with one attached hydrogen (secondary N) is 1. The second kappa shape index (κ2) is 11.4. The number of carbonyl (C=O) groups excluding carboxylic acids is 1. The summed E-state index contributed by atoms with van der Waals surface area (Å²) in [7, 11) is -4.14. The fourth-order valence-corrected chi connectivity index (χ4v) is 11.2. The van der Waals surface area contributed by atoms with Crippen molar-refractivity contribution in [2.75, 3.05) is 6.61 Å². The maximum atomic E-state index is 13.1. The van der Waals surface area contributed by atoms with Crippen molar-refractivity contribution >= 4 is 16.1 Å². The van der Waals surface area contributed by atoms with Gasteiger partial charge < -0.3 is 14.9 Å². The lowest BCUT2D eigenvalue weighted by Crippen LogP contribution is -2.62. The van der Waals surface area contributed by atoms with Gasteiger partial charge in [0.15, 0.2) is 0 Å². The number of benzene rings is 1. The Morgan fingerprint density at radius 2 is 1.71 bits per heavy atom.